The lowest BCUT2D eigenvalue weighted by atomic mass is 10.0. The summed E-state index contributed by atoms with van der Waals surface area (Å²) in [5.41, 5.74) is 3.03. The van der Waals surface area contributed by atoms with Crippen molar-refractivity contribution in [3.05, 3.63) is 33.5 Å². The summed E-state index contributed by atoms with van der Waals surface area (Å²) in [6, 6.07) is 2.14. The van der Waals surface area contributed by atoms with Gasteiger partial charge in [-0.15, -0.1) is 11.3 Å². The van der Waals surface area contributed by atoms with Gasteiger partial charge in [0.15, 0.2) is 0 Å². The van der Waals surface area contributed by atoms with Gasteiger partial charge < -0.3 is 4.90 Å². The van der Waals surface area contributed by atoms with Gasteiger partial charge in [-0.25, -0.2) is 4.98 Å². The topological polar surface area (TPSA) is 51.0 Å². The van der Waals surface area contributed by atoms with E-state index in [0.717, 1.165) is 47.9 Å². The quantitative estimate of drug-likeness (QED) is 0.874. The highest BCUT2D eigenvalue weighted by atomic mass is 32.1. The van der Waals surface area contributed by atoms with Crippen LogP contribution in [0.5, 0.6) is 0 Å². The van der Waals surface area contributed by atoms with Gasteiger partial charge in [0.05, 0.1) is 11.7 Å². The van der Waals surface area contributed by atoms with Crippen LogP contribution in [0.2, 0.25) is 0 Å². The van der Waals surface area contributed by atoms with E-state index in [2.05, 4.69) is 15.5 Å². The molecule has 0 saturated carbocycles. The lowest BCUT2D eigenvalue weighted by Gasteiger charge is -2.34. The summed E-state index contributed by atoms with van der Waals surface area (Å²) >= 11 is 1.66. The molecule has 6 heteroatoms. The third kappa shape index (κ3) is 3.06. The standard InChI is InChI=1S/C16H22N4OS/c1-11-8-13(3)20(18-11)9-15(21)19-7-5-4-6-14(19)16-17-12(2)10-22-16/h8,10,14H,4-7,9H2,1-3H3/t14-/m1/s1. The molecule has 0 spiro atoms. The summed E-state index contributed by atoms with van der Waals surface area (Å²) in [5.74, 6) is 0.142. The molecule has 0 bridgehead atoms. The molecule has 0 radical (unpaired) electrons. The Balaban J connectivity index is 1.78. The highest BCUT2D eigenvalue weighted by Crippen LogP contribution is 2.32. The third-order valence-corrected chi connectivity index (χ3v) is 5.20. The Hall–Kier alpha value is -1.69. The fourth-order valence-corrected chi connectivity index (χ4v) is 4.01. The van der Waals surface area contributed by atoms with E-state index >= 15 is 0 Å². The molecule has 1 atom stereocenters. The number of carbonyl (C=O) groups excluding carboxylic acids is 1. The summed E-state index contributed by atoms with van der Waals surface area (Å²) in [6.07, 6.45) is 3.24. The fraction of sp³-hybridized carbons (Fsp3) is 0.562. The maximum atomic E-state index is 12.8. The van der Waals surface area contributed by atoms with E-state index in [1.165, 1.54) is 0 Å². The molecule has 1 aliphatic heterocycles. The summed E-state index contributed by atoms with van der Waals surface area (Å²) in [4.78, 5) is 19.4. The van der Waals surface area contributed by atoms with Crippen LogP contribution < -0.4 is 0 Å². The first-order valence-corrected chi connectivity index (χ1v) is 8.65. The SMILES string of the molecule is Cc1csc([C@H]2CCCCN2C(=O)Cn2nc(C)cc2C)n1. The lowest BCUT2D eigenvalue weighted by molar-refractivity contribution is -0.136. The number of aryl methyl sites for hydroxylation is 3. The fourth-order valence-electron chi connectivity index (χ4n) is 3.07. The van der Waals surface area contributed by atoms with Gasteiger partial charge in [0.2, 0.25) is 5.91 Å². The minimum absolute atomic E-state index is 0.136. The van der Waals surface area contributed by atoms with Gasteiger partial charge in [0.25, 0.3) is 0 Å². The molecule has 1 amide bonds. The van der Waals surface area contributed by atoms with Crippen LogP contribution in [-0.4, -0.2) is 32.1 Å². The second-order valence-corrected chi connectivity index (χ2v) is 6.90. The van der Waals surface area contributed by atoms with Crippen molar-refractivity contribution in [3.63, 3.8) is 0 Å². The largest absolute Gasteiger partial charge is 0.332 e. The number of hydrogen-bond acceptors (Lipinski definition) is 4. The van der Waals surface area contributed by atoms with Gasteiger partial charge in [-0.3, -0.25) is 9.48 Å². The maximum Gasteiger partial charge on any atom is 0.244 e. The molecular weight excluding hydrogens is 296 g/mol. The number of piperidine rings is 1. The molecule has 1 aliphatic rings. The van der Waals surface area contributed by atoms with Crippen molar-refractivity contribution >= 4 is 17.2 Å². The van der Waals surface area contributed by atoms with Gasteiger partial charge in [-0.1, -0.05) is 0 Å². The number of likely N-dealkylation sites (tertiary alicyclic amines) is 1. The van der Waals surface area contributed by atoms with E-state index in [-0.39, 0.29) is 11.9 Å². The van der Waals surface area contributed by atoms with E-state index in [1.807, 2.05) is 31.7 Å². The molecule has 1 fully saturated rings. The van der Waals surface area contributed by atoms with Crippen LogP contribution in [-0.2, 0) is 11.3 Å². The van der Waals surface area contributed by atoms with Crippen molar-refractivity contribution < 1.29 is 4.79 Å². The molecule has 118 valence electrons. The van der Waals surface area contributed by atoms with Crippen molar-refractivity contribution in [2.45, 2.75) is 52.6 Å². The molecular formula is C16H22N4OS. The number of rotatable bonds is 3. The van der Waals surface area contributed by atoms with Crippen molar-refractivity contribution in [2.24, 2.45) is 0 Å². The van der Waals surface area contributed by atoms with Gasteiger partial charge >= 0.3 is 0 Å². The molecule has 3 heterocycles. The number of amides is 1. The van der Waals surface area contributed by atoms with Crippen LogP contribution in [0.3, 0.4) is 0 Å². The molecule has 22 heavy (non-hydrogen) atoms. The van der Waals surface area contributed by atoms with Crippen LogP contribution in [0.25, 0.3) is 0 Å². The number of carbonyl (C=O) groups is 1. The predicted octanol–water partition coefficient (Wildman–Crippen LogP) is 3.02. The Morgan fingerprint density at radius 1 is 1.32 bits per heavy atom. The zero-order valence-corrected chi connectivity index (χ0v) is 14.2. The Morgan fingerprint density at radius 2 is 2.14 bits per heavy atom. The van der Waals surface area contributed by atoms with Crippen molar-refractivity contribution in [1.29, 1.82) is 0 Å². The molecule has 2 aromatic rings. The zero-order chi connectivity index (χ0) is 15.7. The van der Waals surface area contributed by atoms with E-state index in [1.54, 1.807) is 16.0 Å². The Bertz CT molecular complexity index is 675. The van der Waals surface area contributed by atoms with Crippen LogP contribution in [0.15, 0.2) is 11.4 Å². The number of aromatic nitrogens is 3. The Morgan fingerprint density at radius 3 is 2.77 bits per heavy atom. The average Bonchev–Trinajstić information content (AvgIpc) is 3.05. The maximum absolute atomic E-state index is 12.8. The van der Waals surface area contributed by atoms with E-state index in [9.17, 15) is 4.79 Å². The summed E-state index contributed by atoms with van der Waals surface area (Å²) in [6.45, 7) is 7.09. The van der Waals surface area contributed by atoms with E-state index < -0.39 is 0 Å². The molecule has 5 nitrogen and oxygen atoms in total. The summed E-state index contributed by atoms with van der Waals surface area (Å²) < 4.78 is 1.80. The lowest BCUT2D eigenvalue weighted by Crippen LogP contribution is -2.40. The summed E-state index contributed by atoms with van der Waals surface area (Å²) in [5, 5.41) is 7.53. The molecule has 0 aliphatic carbocycles. The smallest absolute Gasteiger partial charge is 0.244 e. The Labute approximate surface area is 135 Å². The highest BCUT2D eigenvalue weighted by Gasteiger charge is 2.30. The van der Waals surface area contributed by atoms with E-state index in [0.29, 0.717) is 6.54 Å². The van der Waals surface area contributed by atoms with Gasteiger partial charge in [-0.2, -0.15) is 5.10 Å². The van der Waals surface area contributed by atoms with Crippen LogP contribution in [0.4, 0.5) is 0 Å². The molecule has 0 N–H and O–H groups in total. The monoisotopic (exact) mass is 318 g/mol. The van der Waals surface area contributed by atoms with Gasteiger partial charge in [-0.05, 0) is 46.1 Å². The first-order valence-electron chi connectivity index (χ1n) is 7.77. The van der Waals surface area contributed by atoms with Crippen molar-refractivity contribution in [2.75, 3.05) is 6.54 Å². The van der Waals surface area contributed by atoms with Crippen molar-refractivity contribution in [3.8, 4) is 0 Å². The van der Waals surface area contributed by atoms with Gasteiger partial charge in [0.1, 0.15) is 11.6 Å². The first-order chi connectivity index (χ1) is 10.5. The average molecular weight is 318 g/mol. The minimum Gasteiger partial charge on any atom is -0.332 e. The Kier molecular flexibility index (Phi) is 4.29. The van der Waals surface area contributed by atoms with Crippen LogP contribution in [0, 0.1) is 20.8 Å². The molecule has 0 aromatic carbocycles. The normalized spacial score (nSPS) is 18.7. The second-order valence-electron chi connectivity index (χ2n) is 6.01. The van der Waals surface area contributed by atoms with Crippen molar-refractivity contribution in [1.82, 2.24) is 19.7 Å². The molecule has 3 rings (SSSR count). The van der Waals surface area contributed by atoms with E-state index in [4.69, 9.17) is 0 Å². The second kappa shape index (κ2) is 6.20. The molecule has 1 saturated heterocycles. The number of thiazole rings is 1. The number of nitrogens with zero attached hydrogens (tertiary/aromatic N) is 4. The third-order valence-electron chi connectivity index (χ3n) is 4.13. The number of hydrogen-bond donors (Lipinski definition) is 0. The minimum atomic E-state index is 0.136. The van der Waals surface area contributed by atoms with Gasteiger partial charge in [0, 0.05) is 23.3 Å². The summed E-state index contributed by atoms with van der Waals surface area (Å²) in [7, 11) is 0. The van der Waals surface area contributed by atoms with Crippen LogP contribution >= 0.6 is 11.3 Å². The van der Waals surface area contributed by atoms with Crippen LogP contribution in [0.1, 0.15) is 47.4 Å². The zero-order valence-electron chi connectivity index (χ0n) is 13.4. The highest BCUT2D eigenvalue weighted by molar-refractivity contribution is 7.09. The molecule has 2 aromatic heterocycles. The molecule has 0 unspecified atom stereocenters. The predicted molar refractivity (Wildman–Crippen MR) is 86.9 cm³/mol. The first kappa shape index (κ1) is 15.2.